The molecule has 0 unspecified atom stereocenters. The Bertz CT molecular complexity index is 829. The number of thiophene rings is 1. The summed E-state index contributed by atoms with van der Waals surface area (Å²) in [6.07, 6.45) is 4.80. The lowest BCUT2D eigenvalue weighted by Crippen LogP contribution is -2.42. The summed E-state index contributed by atoms with van der Waals surface area (Å²) in [4.78, 5) is 0.956. The van der Waals surface area contributed by atoms with Crippen molar-refractivity contribution in [2.75, 3.05) is 0 Å². The molecule has 2 aliphatic rings. The van der Waals surface area contributed by atoms with Gasteiger partial charge < -0.3 is 5.73 Å². The molecule has 0 bridgehead atoms. The van der Waals surface area contributed by atoms with Crippen LogP contribution < -0.4 is 5.73 Å². The first-order chi connectivity index (χ1) is 11.1. The lowest BCUT2D eigenvalue weighted by atomic mass is 9.58. The van der Waals surface area contributed by atoms with E-state index < -0.39 is 5.41 Å². The average molecular weight is 385 g/mol. The molecule has 0 saturated carbocycles. The minimum absolute atomic E-state index is 0.0180. The molecule has 4 nitrogen and oxygen atoms in total. The lowest BCUT2D eigenvalue weighted by molar-refractivity contribution is 0.321. The summed E-state index contributed by atoms with van der Waals surface area (Å²) in [6.45, 7) is 0. The van der Waals surface area contributed by atoms with Crippen molar-refractivity contribution >= 4 is 27.3 Å². The molecule has 0 aliphatic heterocycles. The van der Waals surface area contributed by atoms with E-state index in [9.17, 15) is 15.8 Å². The van der Waals surface area contributed by atoms with Crippen LogP contribution in [0.15, 0.2) is 38.8 Å². The van der Waals surface area contributed by atoms with Gasteiger partial charge in [-0.25, -0.2) is 0 Å². The number of allylic oxidation sites excluding steroid dienone is 4. The normalized spacial score (nSPS) is 25.6. The topological polar surface area (TPSA) is 97.4 Å². The van der Waals surface area contributed by atoms with Gasteiger partial charge in [0.2, 0.25) is 0 Å². The molecule has 0 amide bonds. The summed E-state index contributed by atoms with van der Waals surface area (Å²) in [5.41, 5.74) is 6.04. The molecule has 1 aromatic rings. The van der Waals surface area contributed by atoms with Crippen molar-refractivity contribution < 1.29 is 0 Å². The zero-order valence-electron chi connectivity index (χ0n) is 12.2. The van der Waals surface area contributed by atoms with Crippen molar-refractivity contribution in [1.82, 2.24) is 0 Å². The van der Waals surface area contributed by atoms with Gasteiger partial charge in [0.25, 0.3) is 0 Å². The van der Waals surface area contributed by atoms with E-state index in [1.165, 1.54) is 11.3 Å². The van der Waals surface area contributed by atoms with Gasteiger partial charge in [0.05, 0.1) is 23.4 Å². The van der Waals surface area contributed by atoms with Crippen LogP contribution >= 0.6 is 27.3 Å². The second-order valence-corrected chi connectivity index (χ2v) is 7.63. The van der Waals surface area contributed by atoms with Gasteiger partial charge in [-0.2, -0.15) is 15.8 Å². The number of nitrogens with two attached hydrogens (primary N) is 1. The maximum absolute atomic E-state index is 9.83. The van der Waals surface area contributed by atoms with E-state index >= 15 is 0 Å². The molecule has 1 aromatic heterocycles. The molecular formula is C17H13BrN4S. The van der Waals surface area contributed by atoms with Crippen LogP contribution in [0.5, 0.6) is 0 Å². The van der Waals surface area contributed by atoms with E-state index in [-0.39, 0.29) is 17.5 Å². The highest BCUT2D eigenvalue weighted by Crippen LogP contribution is 2.56. The molecule has 23 heavy (non-hydrogen) atoms. The van der Waals surface area contributed by atoms with Crippen LogP contribution in [0.1, 0.15) is 30.1 Å². The molecule has 1 heterocycles. The zero-order chi connectivity index (χ0) is 16.6. The third kappa shape index (κ3) is 2.20. The first-order valence-electron chi connectivity index (χ1n) is 7.26. The van der Waals surface area contributed by atoms with Gasteiger partial charge in [-0.05, 0) is 52.7 Å². The number of fused-ring (bicyclic) bond motifs is 1. The molecule has 114 valence electrons. The second-order valence-electron chi connectivity index (χ2n) is 5.77. The first-order valence-corrected chi connectivity index (χ1v) is 8.93. The van der Waals surface area contributed by atoms with Crippen LogP contribution in [-0.2, 0) is 0 Å². The van der Waals surface area contributed by atoms with Gasteiger partial charge in [-0.1, -0.05) is 6.08 Å². The standard InChI is InChI=1S/C17H13BrN4S/c18-10-5-14(23-7-10)15-12-4-2-1-3-11(12)13(6-19)16(22)17(15,8-20)9-21/h3,5,7,12,15H,1-2,4,22H2/t12-,15-/m0/s1. The van der Waals surface area contributed by atoms with Crippen molar-refractivity contribution in [3.05, 3.63) is 43.7 Å². The molecule has 0 aromatic carbocycles. The van der Waals surface area contributed by atoms with Crippen molar-refractivity contribution in [2.45, 2.75) is 25.2 Å². The molecule has 0 fully saturated rings. The van der Waals surface area contributed by atoms with Crippen LogP contribution in [0.25, 0.3) is 0 Å². The molecule has 2 aliphatic carbocycles. The summed E-state index contributed by atoms with van der Waals surface area (Å²) >= 11 is 4.96. The van der Waals surface area contributed by atoms with E-state index in [1.807, 2.05) is 17.5 Å². The fourth-order valence-electron chi connectivity index (χ4n) is 3.67. The molecule has 0 radical (unpaired) electrons. The van der Waals surface area contributed by atoms with Crippen molar-refractivity contribution in [2.24, 2.45) is 17.1 Å². The third-order valence-electron chi connectivity index (χ3n) is 4.69. The SMILES string of the molecule is N#CC1=C(N)C(C#N)(C#N)[C@H](c2cc(Br)cs2)[C@H]2CCCC=C12. The van der Waals surface area contributed by atoms with Crippen LogP contribution in [0.2, 0.25) is 0 Å². The van der Waals surface area contributed by atoms with Gasteiger partial charge in [-0.15, -0.1) is 11.3 Å². The van der Waals surface area contributed by atoms with Gasteiger partial charge >= 0.3 is 0 Å². The minimum Gasteiger partial charge on any atom is -0.399 e. The van der Waals surface area contributed by atoms with Crippen molar-refractivity contribution in [3.63, 3.8) is 0 Å². The average Bonchev–Trinajstić information content (AvgIpc) is 3.00. The Morgan fingerprint density at radius 1 is 1.30 bits per heavy atom. The number of hydrogen-bond donors (Lipinski definition) is 1. The van der Waals surface area contributed by atoms with E-state index in [2.05, 4.69) is 34.1 Å². The maximum Gasteiger partial charge on any atom is 0.192 e. The molecule has 2 N–H and O–H groups in total. The summed E-state index contributed by atoms with van der Waals surface area (Å²) in [5, 5.41) is 31.1. The monoisotopic (exact) mass is 384 g/mol. The number of nitrogens with zero attached hydrogens (tertiary/aromatic N) is 3. The largest absolute Gasteiger partial charge is 0.399 e. The molecule has 6 heteroatoms. The predicted molar refractivity (Wildman–Crippen MR) is 90.7 cm³/mol. The number of nitriles is 3. The molecule has 2 atom stereocenters. The smallest absolute Gasteiger partial charge is 0.192 e. The third-order valence-corrected chi connectivity index (χ3v) is 6.47. The summed E-state index contributed by atoms with van der Waals surface area (Å²) < 4.78 is 0.928. The van der Waals surface area contributed by atoms with E-state index in [0.29, 0.717) is 5.57 Å². The Hall–Kier alpha value is -2.07. The summed E-state index contributed by atoms with van der Waals surface area (Å²) in [5.74, 6) is -0.354. The highest BCUT2D eigenvalue weighted by Gasteiger charge is 2.54. The van der Waals surface area contributed by atoms with Gasteiger partial charge in [0.1, 0.15) is 6.07 Å². The van der Waals surface area contributed by atoms with E-state index in [4.69, 9.17) is 5.73 Å². The minimum atomic E-state index is -1.49. The van der Waals surface area contributed by atoms with Gasteiger partial charge in [-0.3, -0.25) is 0 Å². The first kappa shape index (κ1) is 15.8. The van der Waals surface area contributed by atoms with Crippen molar-refractivity contribution in [1.29, 1.82) is 15.8 Å². The number of rotatable bonds is 1. The highest BCUT2D eigenvalue weighted by atomic mass is 79.9. The van der Waals surface area contributed by atoms with Crippen LogP contribution in [0, 0.1) is 45.3 Å². The quantitative estimate of drug-likeness (QED) is 0.787. The van der Waals surface area contributed by atoms with Crippen LogP contribution in [0.4, 0.5) is 0 Å². The summed E-state index contributed by atoms with van der Waals surface area (Å²) in [7, 11) is 0. The highest BCUT2D eigenvalue weighted by molar-refractivity contribution is 9.10. The molecular weight excluding hydrogens is 372 g/mol. The Morgan fingerprint density at radius 3 is 2.61 bits per heavy atom. The molecule has 0 spiro atoms. The Kier molecular flexibility index (Phi) is 4.02. The van der Waals surface area contributed by atoms with E-state index in [1.54, 1.807) is 0 Å². The Morgan fingerprint density at radius 2 is 2.04 bits per heavy atom. The van der Waals surface area contributed by atoms with Crippen molar-refractivity contribution in [3.8, 4) is 18.2 Å². The Balaban J connectivity index is 2.33. The van der Waals surface area contributed by atoms with E-state index in [0.717, 1.165) is 34.2 Å². The Labute approximate surface area is 147 Å². The molecule has 3 rings (SSSR count). The number of hydrogen-bond acceptors (Lipinski definition) is 5. The second kappa shape index (κ2) is 5.85. The lowest BCUT2D eigenvalue weighted by Gasteiger charge is -2.42. The number of halogens is 1. The summed E-state index contributed by atoms with van der Waals surface area (Å²) in [6, 6.07) is 8.37. The van der Waals surface area contributed by atoms with Crippen LogP contribution in [0.3, 0.4) is 0 Å². The molecule has 0 saturated heterocycles. The zero-order valence-corrected chi connectivity index (χ0v) is 14.6. The fraction of sp³-hybridized carbons (Fsp3) is 0.353. The van der Waals surface area contributed by atoms with Gasteiger partial charge in [0, 0.05) is 20.6 Å². The van der Waals surface area contributed by atoms with Gasteiger partial charge in [0.15, 0.2) is 5.41 Å². The maximum atomic E-state index is 9.83. The predicted octanol–water partition coefficient (Wildman–Crippen LogP) is 4.10. The fourth-order valence-corrected chi connectivity index (χ4v) is 5.35. The van der Waals surface area contributed by atoms with Crippen LogP contribution in [-0.4, -0.2) is 0 Å².